The standard InChI is InChI=1S/C17H13Cl5N2O/c18-13-8-7-12(10-14(13)19)23-16(17(20,21)22)24-15(25)9-6-11-4-2-1-3-5-11/h1-10,16,23H,(H,24,25). The third-order valence-corrected chi connectivity index (χ3v) is 4.46. The molecule has 0 aliphatic heterocycles. The average molecular weight is 439 g/mol. The topological polar surface area (TPSA) is 41.1 Å². The first-order chi connectivity index (χ1) is 11.8. The van der Waals surface area contributed by atoms with Crippen molar-refractivity contribution in [3.05, 3.63) is 70.2 Å². The monoisotopic (exact) mass is 436 g/mol. The molecule has 8 heteroatoms. The van der Waals surface area contributed by atoms with Crippen LogP contribution in [0.5, 0.6) is 0 Å². The molecule has 2 aromatic carbocycles. The Kier molecular flexibility index (Phi) is 7.29. The zero-order valence-corrected chi connectivity index (χ0v) is 16.4. The second kappa shape index (κ2) is 9.02. The first kappa shape index (κ1) is 20.2. The highest BCUT2D eigenvalue weighted by molar-refractivity contribution is 6.68. The Morgan fingerprint density at radius 2 is 1.68 bits per heavy atom. The van der Waals surface area contributed by atoms with Gasteiger partial charge in [0.05, 0.1) is 10.0 Å². The van der Waals surface area contributed by atoms with E-state index >= 15 is 0 Å². The van der Waals surface area contributed by atoms with Gasteiger partial charge in [0.25, 0.3) is 0 Å². The molecule has 2 rings (SSSR count). The van der Waals surface area contributed by atoms with E-state index in [2.05, 4.69) is 10.6 Å². The van der Waals surface area contributed by atoms with Crippen LogP contribution in [-0.2, 0) is 4.79 Å². The van der Waals surface area contributed by atoms with Crippen molar-refractivity contribution < 1.29 is 4.79 Å². The minimum Gasteiger partial charge on any atom is -0.362 e. The summed E-state index contributed by atoms with van der Waals surface area (Å²) in [5.74, 6) is -0.423. The average Bonchev–Trinajstić information content (AvgIpc) is 2.56. The Bertz CT molecular complexity index is 759. The lowest BCUT2D eigenvalue weighted by Crippen LogP contribution is -2.48. The van der Waals surface area contributed by atoms with E-state index in [1.807, 2.05) is 30.3 Å². The van der Waals surface area contributed by atoms with Crippen LogP contribution in [0.4, 0.5) is 5.69 Å². The highest BCUT2D eigenvalue weighted by Gasteiger charge is 2.33. The van der Waals surface area contributed by atoms with Gasteiger partial charge in [-0.15, -0.1) is 0 Å². The van der Waals surface area contributed by atoms with Crippen LogP contribution < -0.4 is 10.6 Å². The minimum absolute atomic E-state index is 0.338. The number of amides is 1. The first-order valence-corrected chi connectivity index (χ1v) is 8.96. The summed E-state index contributed by atoms with van der Waals surface area (Å²) in [4.78, 5) is 12.1. The summed E-state index contributed by atoms with van der Waals surface area (Å²) in [6, 6.07) is 14.2. The molecule has 0 bridgehead atoms. The summed E-state index contributed by atoms with van der Waals surface area (Å²) in [6.07, 6.45) is 2.03. The van der Waals surface area contributed by atoms with Gasteiger partial charge >= 0.3 is 0 Å². The number of nitrogens with one attached hydrogen (secondary N) is 2. The van der Waals surface area contributed by atoms with Gasteiger partial charge in [0.1, 0.15) is 6.17 Å². The fourth-order valence-electron chi connectivity index (χ4n) is 1.88. The molecule has 0 radical (unpaired) electrons. The molecule has 2 aromatic rings. The van der Waals surface area contributed by atoms with Crippen LogP contribution in [0.15, 0.2) is 54.6 Å². The Morgan fingerprint density at radius 1 is 1.00 bits per heavy atom. The predicted octanol–water partition coefficient (Wildman–Crippen LogP) is 5.93. The maximum absolute atomic E-state index is 12.1. The SMILES string of the molecule is O=C(C=Cc1ccccc1)NC(Nc1ccc(Cl)c(Cl)c1)C(Cl)(Cl)Cl. The van der Waals surface area contributed by atoms with E-state index in [9.17, 15) is 4.79 Å². The summed E-state index contributed by atoms with van der Waals surface area (Å²) in [5, 5.41) is 6.25. The lowest BCUT2D eigenvalue weighted by molar-refractivity contribution is -0.116. The normalized spacial score (nSPS) is 12.8. The third-order valence-electron chi connectivity index (χ3n) is 3.07. The summed E-state index contributed by atoms with van der Waals surface area (Å²) < 4.78 is -1.79. The van der Waals surface area contributed by atoms with Crippen molar-refractivity contribution in [3.8, 4) is 0 Å². The number of carbonyl (C=O) groups excluding carboxylic acids is 1. The molecule has 0 saturated carbocycles. The molecular formula is C17H13Cl5N2O. The van der Waals surface area contributed by atoms with Crippen molar-refractivity contribution in [3.63, 3.8) is 0 Å². The lowest BCUT2D eigenvalue weighted by Gasteiger charge is -2.27. The zero-order chi connectivity index (χ0) is 18.4. The van der Waals surface area contributed by atoms with Gasteiger partial charge < -0.3 is 10.6 Å². The Balaban J connectivity index is 2.08. The first-order valence-electron chi connectivity index (χ1n) is 7.07. The number of hydrogen-bond acceptors (Lipinski definition) is 2. The number of halogens is 5. The van der Waals surface area contributed by atoms with E-state index in [1.54, 1.807) is 24.3 Å². The van der Waals surface area contributed by atoms with Gasteiger partial charge in [-0.3, -0.25) is 4.79 Å². The van der Waals surface area contributed by atoms with Crippen molar-refractivity contribution in [1.82, 2.24) is 5.32 Å². The van der Waals surface area contributed by atoms with Crippen LogP contribution in [0, 0.1) is 0 Å². The van der Waals surface area contributed by atoms with E-state index in [4.69, 9.17) is 58.0 Å². The van der Waals surface area contributed by atoms with Gasteiger partial charge in [-0.25, -0.2) is 0 Å². The molecule has 0 aliphatic carbocycles. The number of benzene rings is 2. The van der Waals surface area contributed by atoms with Crippen LogP contribution >= 0.6 is 58.0 Å². The van der Waals surface area contributed by atoms with Gasteiger partial charge in [0, 0.05) is 11.8 Å². The van der Waals surface area contributed by atoms with Crippen LogP contribution in [0.3, 0.4) is 0 Å². The number of anilines is 1. The molecule has 3 nitrogen and oxygen atoms in total. The second-order valence-electron chi connectivity index (χ2n) is 5.00. The van der Waals surface area contributed by atoms with E-state index < -0.39 is 15.9 Å². The summed E-state index contributed by atoms with van der Waals surface area (Å²) in [7, 11) is 0. The number of alkyl halides is 3. The molecule has 1 atom stereocenters. The maximum Gasteiger partial charge on any atom is 0.245 e. The quantitative estimate of drug-likeness (QED) is 0.345. The Morgan fingerprint density at radius 3 is 2.28 bits per heavy atom. The molecule has 0 spiro atoms. The van der Waals surface area contributed by atoms with Crippen LogP contribution in [0.2, 0.25) is 10.0 Å². The lowest BCUT2D eigenvalue weighted by atomic mass is 10.2. The summed E-state index contributed by atoms with van der Waals surface area (Å²) in [5.41, 5.74) is 1.42. The van der Waals surface area contributed by atoms with Gasteiger partial charge in [0.2, 0.25) is 9.70 Å². The summed E-state index contributed by atoms with van der Waals surface area (Å²) in [6.45, 7) is 0. The van der Waals surface area contributed by atoms with E-state index in [0.717, 1.165) is 5.56 Å². The fraction of sp³-hybridized carbons (Fsp3) is 0.118. The van der Waals surface area contributed by atoms with Gasteiger partial charge in [-0.2, -0.15) is 0 Å². The zero-order valence-electron chi connectivity index (χ0n) is 12.6. The molecule has 2 N–H and O–H groups in total. The van der Waals surface area contributed by atoms with Crippen molar-refractivity contribution in [1.29, 1.82) is 0 Å². The van der Waals surface area contributed by atoms with Crippen molar-refractivity contribution in [2.45, 2.75) is 9.96 Å². The molecular weight excluding hydrogens is 425 g/mol. The fourth-order valence-corrected chi connectivity index (χ4v) is 2.50. The van der Waals surface area contributed by atoms with Crippen molar-refractivity contribution in [2.24, 2.45) is 0 Å². The van der Waals surface area contributed by atoms with Gasteiger partial charge in [-0.1, -0.05) is 88.3 Å². The van der Waals surface area contributed by atoms with Gasteiger partial charge in [-0.05, 0) is 29.8 Å². The van der Waals surface area contributed by atoms with Crippen LogP contribution in [0.25, 0.3) is 6.08 Å². The molecule has 0 saturated heterocycles. The number of hydrogen-bond donors (Lipinski definition) is 2. The Hall–Kier alpha value is -1.10. The molecule has 0 heterocycles. The van der Waals surface area contributed by atoms with E-state index in [0.29, 0.717) is 15.7 Å². The predicted molar refractivity (Wildman–Crippen MR) is 108 cm³/mol. The van der Waals surface area contributed by atoms with E-state index in [1.165, 1.54) is 6.08 Å². The number of carbonyl (C=O) groups is 1. The molecule has 1 unspecified atom stereocenters. The molecule has 25 heavy (non-hydrogen) atoms. The minimum atomic E-state index is -1.79. The smallest absolute Gasteiger partial charge is 0.245 e. The largest absolute Gasteiger partial charge is 0.362 e. The molecule has 0 aromatic heterocycles. The highest BCUT2D eigenvalue weighted by Crippen LogP contribution is 2.32. The molecule has 1 amide bonds. The molecule has 0 fully saturated rings. The van der Waals surface area contributed by atoms with Crippen molar-refractivity contribution in [2.75, 3.05) is 5.32 Å². The van der Waals surface area contributed by atoms with Crippen LogP contribution in [-0.4, -0.2) is 15.9 Å². The van der Waals surface area contributed by atoms with Crippen molar-refractivity contribution >= 4 is 75.7 Å². The van der Waals surface area contributed by atoms with Gasteiger partial charge in [0.15, 0.2) is 0 Å². The highest BCUT2D eigenvalue weighted by atomic mass is 35.6. The second-order valence-corrected chi connectivity index (χ2v) is 8.18. The van der Waals surface area contributed by atoms with Crippen LogP contribution in [0.1, 0.15) is 5.56 Å². The molecule has 0 aliphatic rings. The number of rotatable bonds is 5. The third kappa shape index (κ3) is 6.61. The van der Waals surface area contributed by atoms with E-state index in [-0.39, 0.29) is 0 Å². The molecule has 132 valence electrons. The Labute approximate surface area is 170 Å². The maximum atomic E-state index is 12.1. The summed E-state index contributed by atoms with van der Waals surface area (Å²) >= 11 is 29.7.